The average Bonchev–Trinajstić information content (AvgIpc) is 2.94. The second-order valence-electron chi connectivity index (χ2n) is 11.1. The van der Waals surface area contributed by atoms with Crippen LogP contribution in [-0.2, 0) is 4.79 Å². The predicted molar refractivity (Wildman–Crippen MR) is 173 cm³/mol. The van der Waals surface area contributed by atoms with Crippen molar-refractivity contribution in [3.63, 3.8) is 0 Å². The molecular weight excluding hydrogens is 532 g/mol. The van der Waals surface area contributed by atoms with Crippen molar-refractivity contribution in [1.82, 2.24) is 9.80 Å². The van der Waals surface area contributed by atoms with Gasteiger partial charge >= 0.3 is 5.97 Å². The number of hydrogen-bond acceptors (Lipinski definition) is 8. The molecule has 0 aliphatic rings. The van der Waals surface area contributed by atoms with E-state index >= 15 is 0 Å². The van der Waals surface area contributed by atoms with Gasteiger partial charge in [-0.05, 0) is 78.0 Å². The van der Waals surface area contributed by atoms with E-state index in [-0.39, 0.29) is 12.0 Å². The molecule has 2 aromatic carbocycles. The number of para-hydroxylation sites is 1. The Balaban J connectivity index is 0.000000452. The zero-order valence-corrected chi connectivity index (χ0v) is 27.0. The lowest BCUT2D eigenvalue weighted by atomic mass is 10.0. The number of aliphatic carboxylic acids is 1. The van der Waals surface area contributed by atoms with Crippen LogP contribution in [0.5, 0.6) is 17.2 Å². The molecule has 0 heterocycles. The van der Waals surface area contributed by atoms with Crippen molar-refractivity contribution in [3.05, 3.63) is 48.0 Å². The Hall–Kier alpha value is -3.01. The van der Waals surface area contributed by atoms with Gasteiger partial charge in [-0.1, -0.05) is 45.9 Å². The van der Waals surface area contributed by atoms with Crippen molar-refractivity contribution in [3.8, 4) is 17.2 Å². The normalized spacial score (nSPS) is 12.0. The van der Waals surface area contributed by atoms with Crippen LogP contribution in [0.25, 0.3) is 0 Å². The van der Waals surface area contributed by atoms with E-state index in [0.717, 1.165) is 69.2 Å². The lowest BCUT2D eigenvalue weighted by Crippen LogP contribution is -2.25. The van der Waals surface area contributed by atoms with Gasteiger partial charge < -0.3 is 40.6 Å². The Morgan fingerprint density at radius 1 is 0.857 bits per heavy atom. The molecule has 238 valence electrons. The number of rotatable bonds is 18. The summed E-state index contributed by atoms with van der Waals surface area (Å²) in [7, 11) is 0. The quantitative estimate of drug-likeness (QED) is 0.146. The third kappa shape index (κ3) is 15.3. The number of benzene rings is 2. The number of anilines is 1. The summed E-state index contributed by atoms with van der Waals surface area (Å²) in [5.41, 5.74) is 12.9. The fourth-order valence-corrected chi connectivity index (χ4v) is 4.27. The second-order valence-corrected chi connectivity index (χ2v) is 11.1. The van der Waals surface area contributed by atoms with Gasteiger partial charge in [-0.25, -0.2) is 0 Å². The topological polar surface area (TPSA) is 124 Å². The smallest absolute Gasteiger partial charge is 0.305 e. The van der Waals surface area contributed by atoms with Gasteiger partial charge in [0.15, 0.2) is 0 Å². The van der Waals surface area contributed by atoms with Crippen LogP contribution in [0.2, 0.25) is 0 Å². The van der Waals surface area contributed by atoms with Crippen LogP contribution < -0.4 is 25.7 Å². The van der Waals surface area contributed by atoms with E-state index in [0.29, 0.717) is 24.7 Å². The van der Waals surface area contributed by atoms with Gasteiger partial charge in [0, 0.05) is 30.8 Å². The lowest BCUT2D eigenvalue weighted by molar-refractivity contribution is -0.137. The molecule has 1 atom stereocenters. The summed E-state index contributed by atoms with van der Waals surface area (Å²) in [5.74, 6) is 1.28. The van der Waals surface area contributed by atoms with E-state index in [2.05, 4.69) is 37.5 Å². The minimum atomic E-state index is -0.914. The number of hydrogen-bond donors (Lipinski definition) is 3. The number of ether oxygens (including phenoxy) is 3. The highest BCUT2D eigenvalue weighted by Gasteiger charge is 2.19. The van der Waals surface area contributed by atoms with Crippen LogP contribution in [0.15, 0.2) is 42.5 Å². The van der Waals surface area contributed by atoms with Gasteiger partial charge in [0.1, 0.15) is 22.8 Å². The number of nitrogens with zero attached hydrogens (tertiary/aromatic N) is 2. The Labute approximate surface area is 254 Å². The molecule has 0 bridgehead atoms. The summed E-state index contributed by atoms with van der Waals surface area (Å²) in [4.78, 5) is 15.4. The number of carboxylic acid groups (broad SMARTS) is 1. The van der Waals surface area contributed by atoms with Crippen molar-refractivity contribution in [2.24, 2.45) is 5.73 Å². The van der Waals surface area contributed by atoms with E-state index in [1.807, 2.05) is 57.2 Å². The highest BCUT2D eigenvalue weighted by Crippen LogP contribution is 2.29. The van der Waals surface area contributed by atoms with Crippen LogP contribution in [0.4, 0.5) is 5.69 Å². The minimum Gasteiger partial charge on any atom is -0.493 e. The van der Waals surface area contributed by atoms with Gasteiger partial charge in [-0.3, -0.25) is 4.79 Å². The standard InChI is InChI=1S/C20H37N3O2.C13H19NO3/c1-5-22(6-2)13-9-15-24-18-11-12-19(21)20(17-18)25-16-10-14-23(7-3)8-4;1-13(2,3)17-11-7-5-4-6-9(11)10(14)8-12(15)16/h11-12,17H,5-10,13-16,21H2,1-4H3;4-7,10H,8,14H2,1-3H3,(H,15,16). The number of nitrogen functional groups attached to an aromatic ring is 1. The highest BCUT2D eigenvalue weighted by molar-refractivity contribution is 5.68. The zero-order valence-electron chi connectivity index (χ0n) is 27.0. The van der Waals surface area contributed by atoms with E-state index < -0.39 is 12.0 Å². The molecule has 0 spiro atoms. The molecule has 0 aliphatic carbocycles. The summed E-state index contributed by atoms with van der Waals surface area (Å²) in [5, 5.41) is 8.75. The van der Waals surface area contributed by atoms with Crippen LogP contribution >= 0.6 is 0 Å². The van der Waals surface area contributed by atoms with Crippen molar-refractivity contribution >= 4 is 11.7 Å². The summed E-state index contributed by atoms with van der Waals surface area (Å²) in [6.45, 7) is 22.4. The molecule has 9 nitrogen and oxygen atoms in total. The third-order valence-corrected chi connectivity index (χ3v) is 6.67. The molecule has 2 aromatic rings. The first-order valence-corrected chi connectivity index (χ1v) is 15.3. The summed E-state index contributed by atoms with van der Waals surface area (Å²) < 4.78 is 17.5. The minimum absolute atomic E-state index is 0.107. The predicted octanol–water partition coefficient (Wildman–Crippen LogP) is 5.83. The molecule has 0 aromatic heterocycles. The summed E-state index contributed by atoms with van der Waals surface area (Å²) in [6.07, 6.45) is 1.91. The molecule has 1 unspecified atom stereocenters. The maximum atomic E-state index is 10.7. The Kier molecular flexibility index (Phi) is 17.6. The number of carbonyl (C=O) groups is 1. The van der Waals surface area contributed by atoms with Crippen LogP contribution in [0.1, 0.15) is 79.3 Å². The van der Waals surface area contributed by atoms with Crippen LogP contribution in [0.3, 0.4) is 0 Å². The lowest BCUT2D eigenvalue weighted by Gasteiger charge is -2.24. The molecule has 2 rings (SSSR count). The summed E-state index contributed by atoms with van der Waals surface area (Å²) in [6, 6.07) is 12.4. The van der Waals surface area contributed by atoms with Gasteiger partial charge in [-0.2, -0.15) is 0 Å². The largest absolute Gasteiger partial charge is 0.493 e. The first kappa shape index (κ1) is 37.0. The Morgan fingerprint density at radius 2 is 1.40 bits per heavy atom. The van der Waals surface area contributed by atoms with Gasteiger partial charge in [0.05, 0.1) is 25.3 Å². The maximum absolute atomic E-state index is 10.7. The molecule has 5 N–H and O–H groups in total. The Bertz CT molecular complexity index is 1020. The van der Waals surface area contributed by atoms with Crippen molar-refractivity contribution < 1.29 is 24.1 Å². The molecular formula is C33H56N4O5. The molecule has 42 heavy (non-hydrogen) atoms. The van der Waals surface area contributed by atoms with Crippen LogP contribution in [0, 0.1) is 0 Å². The van der Waals surface area contributed by atoms with Crippen molar-refractivity contribution in [2.75, 3.05) is 58.2 Å². The monoisotopic (exact) mass is 588 g/mol. The maximum Gasteiger partial charge on any atom is 0.305 e. The molecule has 0 aliphatic heterocycles. The van der Waals surface area contributed by atoms with E-state index in [1.165, 1.54) is 0 Å². The van der Waals surface area contributed by atoms with Gasteiger partial charge in [0.25, 0.3) is 0 Å². The average molecular weight is 589 g/mol. The zero-order chi connectivity index (χ0) is 31.5. The first-order chi connectivity index (χ1) is 19.9. The van der Waals surface area contributed by atoms with Crippen molar-refractivity contribution in [1.29, 1.82) is 0 Å². The molecule has 0 saturated heterocycles. The van der Waals surface area contributed by atoms with E-state index in [4.69, 9.17) is 30.8 Å². The SMILES string of the molecule is CC(C)(C)Oc1ccccc1C(N)CC(=O)O.CCN(CC)CCCOc1ccc(N)c(OCCCN(CC)CC)c1. The van der Waals surface area contributed by atoms with Crippen molar-refractivity contribution in [2.45, 2.75) is 79.4 Å². The van der Waals surface area contributed by atoms with Gasteiger partial charge in [0.2, 0.25) is 0 Å². The fourth-order valence-electron chi connectivity index (χ4n) is 4.27. The number of carboxylic acids is 1. The molecule has 9 heteroatoms. The van der Waals surface area contributed by atoms with Crippen LogP contribution in [-0.4, -0.2) is 79.0 Å². The van der Waals surface area contributed by atoms with E-state index in [9.17, 15) is 4.79 Å². The molecule has 0 fully saturated rings. The number of nitrogens with two attached hydrogens (primary N) is 2. The molecule has 0 saturated carbocycles. The summed E-state index contributed by atoms with van der Waals surface area (Å²) >= 11 is 0. The Morgan fingerprint density at radius 3 is 1.93 bits per heavy atom. The fraction of sp³-hybridized carbons (Fsp3) is 0.606. The highest BCUT2D eigenvalue weighted by atomic mass is 16.5. The third-order valence-electron chi connectivity index (χ3n) is 6.67. The second kappa shape index (κ2) is 20.0. The first-order valence-electron chi connectivity index (χ1n) is 15.3. The molecule has 0 amide bonds. The van der Waals surface area contributed by atoms with E-state index in [1.54, 1.807) is 6.07 Å². The molecule has 0 radical (unpaired) electrons. The van der Waals surface area contributed by atoms with Gasteiger partial charge in [-0.15, -0.1) is 0 Å².